The SMILES string of the molecule is CN=C(NCc1nccn1Cc1ccccc1)N1CCC(c2ccccc2)C1. The number of nitrogens with zero attached hydrogens (tertiary/aromatic N) is 4. The van der Waals surface area contributed by atoms with Crippen LogP contribution in [0.5, 0.6) is 0 Å². The van der Waals surface area contributed by atoms with Crippen molar-refractivity contribution >= 4 is 5.96 Å². The van der Waals surface area contributed by atoms with Crippen LogP contribution in [0.25, 0.3) is 0 Å². The van der Waals surface area contributed by atoms with Gasteiger partial charge in [0.25, 0.3) is 0 Å². The highest BCUT2D eigenvalue weighted by molar-refractivity contribution is 5.80. The largest absolute Gasteiger partial charge is 0.349 e. The van der Waals surface area contributed by atoms with Gasteiger partial charge in [0.2, 0.25) is 0 Å². The molecule has 4 rings (SSSR count). The van der Waals surface area contributed by atoms with E-state index in [2.05, 4.69) is 79.4 Å². The summed E-state index contributed by atoms with van der Waals surface area (Å²) in [7, 11) is 1.86. The number of aliphatic imine (C=N–C) groups is 1. The lowest BCUT2D eigenvalue weighted by molar-refractivity contribution is 0.483. The number of likely N-dealkylation sites (tertiary alicyclic amines) is 1. The van der Waals surface area contributed by atoms with Gasteiger partial charge in [0, 0.05) is 45.0 Å². The van der Waals surface area contributed by atoms with Crippen LogP contribution >= 0.6 is 0 Å². The van der Waals surface area contributed by atoms with Crippen molar-refractivity contribution in [2.45, 2.75) is 25.4 Å². The molecule has 5 heteroatoms. The Bertz CT molecular complexity index is 901. The van der Waals surface area contributed by atoms with Gasteiger partial charge in [-0.1, -0.05) is 60.7 Å². The zero-order valence-electron chi connectivity index (χ0n) is 16.3. The molecule has 1 fully saturated rings. The van der Waals surface area contributed by atoms with E-state index in [-0.39, 0.29) is 0 Å². The maximum atomic E-state index is 4.53. The lowest BCUT2D eigenvalue weighted by Crippen LogP contribution is -2.40. The number of hydrogen-bond donors (Lipinski definition) is 1. The maximum Gasteiger partial charge on any atom is 0.194 e. The summed E-state index contributed by atoms with van der Waals surface area (Å²) in [6, 6.07) is 21.3. The molecule has 1 unspecified atom stereocenters. The van der Waals surface area contributed by atoms with Crippen molar-refractivity contribution in [3.8, 4) is 0 Å². The summed E-state index contributed by atoms with van der Waals surface area (Å²) in [5.41, 5.74) is 2.69. The van der Waals surface area contributed by atoms with E-state index in [1.54, 1.807) is 0 Å². The van der Waals surface area contributed by atoms with Crippen LogP contribution in [0.15, 0.2) is 78.0 Å². The molecule has 144 valence electrons. The molecule has 2 aromatic carbocycles. The molecular weight excluding hydrogens is 346 g/mol. The van der Waals surface area contributed by atoms with Crippen molar-refractivity contribution in [1.82, 2.24) is 19.8 Å². The van der Waals surface area contributed by atoms with Crippen molar-refractivity contribution < 1.29 is 0 Å². The molecule has 0 saturated carbocycles. The number of hydrogen-bond acceptors (Lipinski definition) is 2. The average molecular weight is 374 g/mol. The van der Waals surface area contributed by atoms with Gasteiger partial charge < -0.3 is 14.8 Å². The predicted molar refractivity (Wildman–Crippen MR) is 113 cm³/mol. The van der Waals surface area contributed by atoms with Crippen molar-refractivity contribution in [1.29, 1.82) is 0 Å². The van der Waals surface area contributed by atoms with Crippen molar-refractivity contribution in [2.75, 3.05) is 20.1 Å². The summed E-state index contributed by atoms with van der Waals surface area (Å²) in [5.74, 6) is 2.54. The molecule has 1 aliphatic heterocycles. The van der Waals surface area contributed by atoms with Crippen LogP contribution in [-0.2, 0) is 13.1 Å². The van der Waals surface area contributed by atoms with E-state index in [1.165, 1.54) is 11.1 Å². The van der Waals surface area contributed by atoms with Crippen LogP contribution in [0.2, 0.25) is 0 Å². The van der Waals surface area contributed by atoms with E-state index >= 15 is 0 Å². The van der Waals surface area contributed by atoms with Gasteiger partial charge in [0.1, 0.15) is 5.82 Å². The fourth-order valence-corrected chi connectivity index (χ4v) is 3.87. The van der Waals surface area contributed by atoms with Gasteiger partial charge in [-0.3, -0.25) is 4.99 Å². The Morgan fingerprint density at radius 2 is 1.86 bits per heavy atom. The Morgan fingerprint density at radius 1 is 1.11 bits per heavy atom. The van der Waals surface area contributed by atoms with Crippen LogP contribution in [0, 0.1) is 0 Å². The van der Waals surface area contributed by atoms with Gasteiger partial charge in [-0.25, -0.2) is 4.98 Å². The van der Waals surface area contributed by atoms with E-state index in [1.807, 2.05) is 25.5 Å². The number of guanidine groups is 1. The van der Waals surface area contributed by atoms with Crippen LogP contribution in [0.4, 0.5) is 0 Å². The second-order valence-electron chi connectivity index (χ2n) is 7.20. The second kappa shape index (κ2) is 8.74. The molecular formula is C23H27N5. The monoisotopic (exact) mass is 373 g/mol. The summed E-state index contributed by atoms with van der Waals surface area (Å²) >= 11 is 0. The molecule has 0 aliphatic carbocycles. The first-order valence-electron chi connectivity index (χ1n) is 9.88. The molecule has 2 heterocycles. The minimum Gasteiger partial charge on any atom is -0.349 e. The number of benzene rings is 2. The summed E-state index contributed by atoms with van der Waals surface area (Å²) in [4.78, 5) is 11.4. The van der Waals surface area contributed by atoms with Crippen LogP contribution in [0.1, 0.15) is 29.3 Å². The highest BCUT2D eigenvalue weighted by Crippen LogP contribution is 2.26. The third kappa shape index (κ3) is 4.25. The molecule has 1 saturated heterocycles. The fourth-order valence-electron chi connectivity index (χ4n) is 3.87. The van der Waals surface area contributed by atoms with Gasteiger partial charge in [-0.15, -0.1) is 0 Å². The lowest BCUT2D eigenvalue weighted by Gasteiger charge is -2.22. The average Bonchev–Trinajstić information content (AvgIpc) is 3.40. The van der Waals surface area contributed by atoms with Crippen LogP contribution in [0.3, 0.4) is 0 Å². The molecule has 28 heavy (non-hydrogen) atoms. The molecule has 0 spiro atoms. The quantitative estimate of drug-likeness (QED) is 0.550. The van der Waals surface area contributed by atoms with E-state index in [0.717, 1.165) is 37.8 Å². The Balaban J connectivity index is 1.36. The molecule has 1 N–H and O–H groups in total. The molecule has 0 bridgehead atoms. The number of aromatic nitrogens is 2. The van der Waals surface area contributed by atoms with Gasteiger partial charge in [-0.05, 0) is 17.5 Å². The third-order valence-corrected chi connectivity index (χ3v) is 5.37. The summed E-state index contributed by atoms with van der Waals surface area (Å²) in [5, 5.41) is 3.50. The van der Waals surface area contributed by atoms with Crippen molar-refractivity contribution in [3.05, 3.63) is 90.0 Å². The zero-order chi connectivity index (χ0) is 19.2. The molecule has 1 atom stereocenters. The highest BCUT2D eigenvalue weighted by atomic mass is 15.3. The normalized spacial score (nSPS) is 17.1. The summed E-state index contributed by atoms with van der Waals surface area (Å²) in [6.45, 7) is 3.52. The molecule has 0 amide bonds. The van der Waals surface area contributed by atoms with E-state index < -0.39 is 0 Å². The smallest absolute Gasteiger partial charge is 0.194 e. The topological polar surface area (TPSA) is 45.5 Å². The zero-order valence-corrected chi connectivity index (χ0v) is 16.3. The fraction of sp³-hybridized carbons (Fsp3) is 0.304. The molecule has 1 aliphatic rings. The first-order valence-corrected chi connectivity index (χ1v) is 9.88. The first-order chi connectivity index (χ1) is 13.8. The molecule has 5 nitrogen and oxygen atoms in total. The molecule has 0 radical (unpaired) electrons. The lowest BCUT2D eigenvalue weighted by atomic mass is 9.99. The van der Waals surface area contributed by atoms with E-state index in [9.17, 15) is 0 Å². The van der Waals surface area contributed by atoms with Crippen LogP contribution < -0.4 is 5.32 Å². The standard InChI is InChI=1S/C23H27N5/c1-24-23(28-14-12-21(18-28)20-10-6-3-7-11-20)26-16-22-25-13-15-27(22)17-19-8-4-2-5-9-19/h2-11,13,15,21H,12,14,16-18H2,1H3,(H,24,26). The number of rotatable bonds is 5. The van der Waals surface area contributed by atoms with Crippen LogP contribution in [-0.4, -0.2) is 40.5 Å². The Morgan fingerprint density at radius 3 is 2.61 bits per heavy atom. The highest BCUT2D eigenvalue weighted by Gasteiger charge is 2.26. The molecule has 1 aromatic heterocycles. The summed E-state index contributed by atoms with van der Waals surface area (Å²) < 4.78 is 2.19. The van der Waals surface area contributed by atoms with E-state index in [0.29, 0.717) is 12.5 Å². The third-order valence-electron chi connectivity index (χ3n) is 5.37. The van der Waals surface area contributed by atoms with Crippen molar-refractivity contribution in [3.63, 3.8) is 0 Å². The van der Waals surface area contributed by atoms with Gasteiger partial charge in [-0.2, -0.15) is 0 Å². The number of nitrogens with one attached hydrogen (secondary N) is 1. The summed E-state index contributed by atoms with van der Waals surface area (Å²) in [6.07, 6.45) is 5.06. The van der Waals surface area contributed by atoms with Gasteiger partial charge >= 0.3 is 0 Å². The van der Waals surface area contributed by atoms with Crippen molar-refractivity contribution in [2.24, 2.45) is 4.99 Å². The Labute approximate surface area is 166 Å². The van der Waals surface area contributed by atoms with E-state index in [4.69, 9.17) is 0 Å². The van der Waals surface area contributed by atoms with Gasteiger partial charge in [0.15, 0.2) is 5.96 Å². The minimum atomic E-state index is 0.569. The maximum absolute atomic E-state index is 4.53. The Hall–Kier alpha value is -3.08. The minimum absolute atomic E-state index is 0.569. The Kier molecular flexibility index (Phi) is 5.71. The predicted octanol–water partition coefficient (Wildman–Crippen LogP) is 3.50. The van der Waals surface area contributed by atoms with Gasteiger partial charge in [0.05, 0.1) is 6.54 Å². The number of imidazole rings is 1. The molecule has 3 aromatic rings. The second-order valence-corrected chi connectivity index (χ2v) is 7.20. The first kappa shape index (κ1) is 18.3.